The van der Waals surface area contributed by atoms with Crippen LogP contribution in [-0.4, -0.2) is 11.8 Å². The van der Waals surface area contributed by atoms with E-state index in [1.807, 2.05) is 0 Å². The molecule has 3 nitrogen and oxygen atoms in total. The molecule has 0 atom stereocenters. The summed E-state index contributed by atoms with van der Waals surface area (Å²) in [6, 6.07) is 0. The van der Waals surface area contributed by atoms with E-state index in [1.54, 1.807) is 26.8 Å². The highest BCUT2D eigenvalue weighted by Gasteiger charge is 2.08. The van der Waals surface area contributed by atoms with Crippen LogP contribution in [-0.2, 0) is 9.59 Å². The highest BCUT2D eigenvalue weighted by molar-refractivity contribution is 6.09. The van der Waals surface area contributed by atoms with Gasteiger partial charge in [-0.05, 0) is 20.8 Å². The zero-order valence-corrected chi connectivity index (χ0v) is 7.60. The highest BCUT2D eigenvalue weighted by atomic mass is 16.2. The highest BCUT2D eigenvalue weighted by Crippen LogP contribution is 1.93. The topological polar surface area (TPSA) is 46.2 Å². The molecule has 0 aliphatic heterocycles. The second-order valence-corrected chi connectivity index (χ2v) is 2.54. The van der Waals surface area contributed by atoms with Gasteiger partial charge in [0.05, 0.1) is 0 Å². The largest absolute Gasteiger partial charge is 0.289 e. The molecule has 0 aromatic rings. The first-order valence-corrected chi connectivity index (χ1v) is 3.63. The van der Waals surface area contributed by atoms with Gasteiger partial charge in [0.2, 0.25) is 0 Å². The van der Waals surface area contributed by atoms with Crippen molar-refractivity contribution in [1.82, 2.24) is 5.32 Å². The van der Waals surface area contributed by atoms with Crippen molar-refractivity contribution < 1.29 is 9.59 Å². The molecule has 3 heteroatoms. The van der Waals surface area contributed by atoms with Crippen LogP contribution in [0.15, 0.2) is 23.8 Å². The lowest BCUT2D eigenvalue weighted by Crippen LogP contribution is -2.31. The predicted molar refractivity (Wildman–Crippen MR) is 47.4 cm³/mol. The minimum absolute atomic E-state index is 0.326. The Morgan fingerprint density at radius 1 is 1.25 bits per heavy atom. The van der Waals surface area contributed by atoms with Gasteiger partial charge in [0, 0.05) is 11.1 Å². The number of allylic oxidation sites excluding steroid dienone is 1. The van der Waals surface area contributed by atoms with Crippen LogP contribution in [0, 0.1) is 0 Å². The molecule has 0 saturated carbocycles. The van der Waals surface area contributed by atoms with Crippen molar-refractivity contribution >= 4 is 11.8 Å². The average molecular weight is 167 g/mol. The van der Waals surface area contributed by atoms with Crippen molar-refractivity contribution in [1.29, 1.82) is 0 Å². The van der Waals surface area contributed by atoms with Gasteiger partial charge in [0.1, 0.15) is 0 Å². The van der Waals surface area contributed by atoms with Gasteiger partial charge in [-0.2, -0.15) is 0 Å². The second-order valence-electron chi connectivity index (χ2n) is 2.54. The van der Waals surface area contributed by atoms with E-state index in [2.05, 4.69) is 11.9 Å². The summed E-state index contributed by atoms with van der Waals surface area (Å²) in [5.74, 6) is -0.799. The molecular weight excluding hydrogens is 154 g/mol. The number of amides is 2. The van der Waals surface area contributed by atoms with Crippen LogP contribution in [0.25, 0.3) is 0 Å². The molecule has 0 aromatic carbocycles. The molecule has 0 fully saturated rings. The molecule has 0 saturated heterocycles. The first-order valence-electron chi connectivity index (χ1n) is 3.63. The molecular formula is C9H13NO2. The smallest absolute Gasteiger partial charge is 0.253 e. The van der Waals surface area contributed by atoms with Gasteiger partial charge in [-0.15, -0.1) is 0 Å². The molecule has 0 unspecified atom stereocenters. The van der Waals surface area contributed by atoms with Gasteiger partial charge in [-0.1, -0.05) is 12.7 Å². The number of imide groups is 1. The minimum atomic E-state index is -0.429. The zero-order valence-electron chi connectivity index (χ0n) is 7.60. The third-order valence-electron chi connectivity index (χ3n) is 1.41. The molecule has 0 heterocycles. The standard InChI is InChI=1S/C9H13NO2/c1-5-7(4)9(12)10-8(11)6(2)3/h5H,2H2,1,3-4H3,(H,10,11,12). The summed E-state index contributed by atoms with van der Waals surface area (Å²) in [5, 5.41) is 2.18. The number of carbonyl (C=O) groups is 2. The fourth-order valence-corrected chi connectivity index (χ4v) is 0.439. The summed E-state index contributed by atoms with van der Waals surface area (Å²) in [5.41, 5.74) is 0.844. The summed E-state index contributed by atoms with van der Waals surface area (Å²) in [6.07, 6.45) is 1.64. The SMILES string of the molecule is C=C(C)C(=O)NC(=O)C(C)=CC. The van der Waals surface area contributed by atoms with Crippen molar-refractivity contribution in [3.63, 3.8) is 0 Å². The molecule has 0 rings (SSSR count). The number of hydrogen-bond donors (Lipinski definition) is 1. The summed E-state index contributed by atoms with van der Waals surface area (Å²) in [7, 11) is 0. The van der Waals surface area contributed by atoms with Gasteiger partial charge in [0.15, 0.2) is 0 Å². The van der Waals surface area contributed by atoms with Crippen molar-refractivity contribution in [3.05, 3.63) is 23.8 Å². The van der Waals surface area contributed by atoms with E-state index in [1.165, 1.54) is 0 Å². The Morgan fingerprint density at radius 3 is 2.08 bits per heavy atom. The van der Waals surface area contributed by atoms with E-state index < -0.39 is 5.91 Å². The van der Waals surface area contributed by atoms with Gasteiger partial charge >= 0.3 is 0 Å². The van der Waals surface area contributed by atoms with Crippen LogP contribution >= 0.6 is 0 Å². The molecule has 1 N–H and O–H groups in total. The Labute approximate surface area is 72.2 Å². The van der Waals surface area contributed by atoms with Crippen molar-refractivity contribution in [3.8, 4) is 0 Å². The number of hydrogen-bond acceptors (Lipinski definition) is 2. The van der Waals surface area contributed by atoms with Crippen LogP contribution in [0.2, 0.25) is 0 Å². The molecule has 66 valence electrons. The molecule has 2 amide bonds. The van der Waals surface area contributed by atoms with E-state index in [-0.39, 0.29) is 5.91 Å². The quantitative estimate of drug-likeness (QED) is 0.627. The summed E-state index contributed by atoms with van der Waals surface area (Å²) < 4.78 is 0. The maximum absolute atomic E-state index is 11.0. The molecule has 0 spiro atoms. The minimum Gasteiger partial charge on any atom is -0.289 e. The summed E-state index contributed by atoms with van der Waals surface area (Å²) >= 11 is 0. The van der Waals surface area contributed by atoms with E-state index >= 15 is 0 Å². The summed E-state index contributed by atoms with van der Waals surface area (Å²) in [4.78, 5) is 22.0. The van der Waals surface area contributed by atoms with Crippen molar-refractivity contribution in [2.45, 2.75) is 20.8 Å². The number of nitrogens with one attached hydrogen (secondary N) is 1. The van der Waals surface area contributed by atoms with E-state index in [9.17, 15) is 9.59 Å². The predicted octanol–water partition coefficient (Wildman–Crippen LogP) is 1.17. The molecule has 0 aliphatic carbocycles. The fourth-order valence-electron chi connectivity index (χ4n) is 0.439. The Kier molecular flexibility index (Phi) is 3.97. The molecule has 12 heavy (non-hydrogen) atoms. The maximum Gasteiger partial charge on any atom is 0.253 e. The molecule has 0 bridgehead atoms. The molecule has 0 aliphatic rings. The maximum atomic E-state index is 11.0. The van der Waals surface area contributed by atoms with Crippen LogP contribution in [0.5, 0.6) is 0 Å². The Balaban J connectivity index is 4.21. The molecule has 0 aromatic heterocycles. The molecule has 0 radical (unpaired) electrons. The lowest BCUT2D eigenvalue weighted by atomic mass is 10.2. The average Bonchev–Trinajstić information content (AvgIpc) is 2.02. The fraction of sp³-hybridized carbons (Fsp3) is 0.333. The monoisotopic (exact) mass is 167 g/mol. The second kappa shape index (κ2) is 4.49. The first-order chi connectivity index (χ1) is 5.49. The lowest BCUT2D eigenvalue weighted by Gasteiger charge is -2.01. The number of carbonyl (C=O) groups excluding carboxylic acids is 2. The number of rotatable bonds is 2. The summed E-state index contributed by atoms with van der Waals surface area (Å²) in [6.45, 7) is 8.33. The van der Waals surface area contributed by atoms with Crippen LogP contribution in [0.1, 0.15) is 20.8 Å². The van der Waals surface area contributed by atoms with Crippen LogP contribution in [0.4, 0.5) is 0 Å². The van der Waals surface area contributed by atoms with Gasteiger partial charge in [0.25, 0.3) is 11.8 Å². The van der Waals surface area contributed by atoms with E-state index in [0.29, 0.717) is 11.1 Å². The third kappa shape index (κ3) is 3.14. The van der Waals surface area contributed by atoms with Crippen LogP contribution in [0.3, 0.4) is 0 Å². The van der Waals surface area contributed by atoms with Crippen LogP contribution < -0.4 is 5.32 Å². The van der Waals surface area contributed by atoms with Crippen molar-refractivity contribution in [2.75, 3.05) is 0 Å². The van der Waals surface area contributed by atoms with Gasteiger partial charge < -0.3 is 0 Å². The lowest BCUT2D eigenvalue weighted by molar-refractivity contribution is -0.126. The zero-order chi connectivity index (χ0) is 9.72. The third-order valence-corrected chi connectivity index (χ3v) is 1.41. The van der Waals surface area contributed by atoms with E-state index in [4.69, 9.17) is 0 Å². The van der Waals surface area contributed by atoms with E-state index in [0.717, 1.165) is 0 Å². The van der Waals surface area contributed by atoms with Gasteiger partial charge in [-0.25, -0.2) is 0 Å². The van der Waals surface area contributed by atoms with Gasteiger partial charge in [-0.3, -0.25) is 14.9 Å². The first kappa shape index (κ1) is 10.6. The van der Waals surface area contributed by atoms with Crippen molar-refractivity contribution in [2.24, 2.45) is 0 Å². The Hall–Kier alpha value is -1.38. The Bertz CT molecular complexity index is 251. The normalized spacial score (nSPS) is 10.8. The Morgan fingerprint density at radius 2 is 1.75 bits per heavy atom.